The summed E-state index contributed by atoms with van der Waals surface area (Å²) in [6, 6.07) is 31.0. The summed E-state index contributed by atoms with van der Waals surface area (Å²) in [5, 5.41) is 21.0. The molecule has 0 aliphatic heterocycles. The Bertz CT molecular complexity index is 2220. The molecule has 0 bridgehead atoms. The van der Waals surface area contributed by atoms with E-state index in [1.165, 1.54) is 22.7 Å². The highest BCUT2D eigenvalue weighted by atomic mass is 32.1. The van der Waals surface area contributed by atoms with Crippen LogP contribution in [0.3, 0.4) is 0 Å². The van der Waals surface area contributed by atoms with E-state index in [4.69, 9.17) is 4.74 Å². The first kappa shape index (κ1) is 33.2. The predicted molar refractivity (Wildman–Crippen MR) is 196 cm³/mol. The Balaban J connectivity index is 0.000000157. The minimum Gasteiger partial charge on any atom is -0.479 e. The van der Waals surface area contributed by atoms with Crippen molar-refractivity contribution in [1.82, 2.24) is 10.6 Å². The lowest BCUT2D eigenvalue weighted by Gasteiger charge is -2.27. The van der Waals surface area contributed by atoms with Gasteiger partial charge >= 0.3 is 11.9 Å². The molecular weight excluding hydrogens is 669 g/mol. The molecule has 0 fully saturated rings. The summed E-state index contributed by atoms with van der Waals surface area (Å²) in [5.74, 6) is -1.93. The molecule has 2 aliphatic rings. The largest absolute Gasteiger partial charge is 0.479 e. The molecule has 8 nitrogen and oxygen atoms in total. The summed E-state index contributed by atoms with van der Waals surface area (Å²) in [7, 11) is 0. The van der Waals surface area contributed by atoms with Crippen LogP contribution in [0.2, 0.25) is 0 Å². The minimum atomic E-state index is -1.27. The van der Waals surface area contributed by atoms with Gasteiger partial charge in [0.2, 0.25) is 0 Å². The lowest BCUT2D eigenvalue weighted by molar-refractivity contribution is -0.150. The van der Waals surface area contributed by atoms with E-state index in [9.17, 15) is 24.3 Å². The molecule has 4 aromatic carbocycles. The van der Waals surface area contributed by atoms with Crippen LogP contribution < -0.4 is 10.6 Å². The second kappa shape index (κ2) is 13.5. The summed E-state index contributed by atoms with van der Waals surface area (Å²) < 4.78 is 7.38. The predicted octanol–water partition coefficient (Wildman–Crippen LogP) is 6.99. The van der Waals surface area contributed by atoms with Gasteiger partial charge in [0.1, 0.15) is 11.1 Å². The zero-order chi connectivity index (χ0) is 34.9. The van der Waals surface area contributed by atoms with E-state index in [1.54, 1.807) is 12.3 Å². The molecule has 3 N–H and O–H groups in total. The maximum Gasteiger partial charge on any atom is 0.332 e. The van der Waals surface area contributed by atoms with Crippen LogP contribution in [0.15, 0.2) is 108 Å². The van der Waals surface area contributed by atoms with Crippen LogP contribution in [-0.2, 0) is 40.0 Å². The van der Waals surface area contributed by atoms with Crippen molar-refractivity contribution in [2.24, 2.45) is 0 Å². The van der Waals surface area contributed by atoms with Gasteiger partial charge in [-0.3, -0.25) is 9.59 Å². The van der Waals surface area contributed by atoms with Crippen LogP contribution in [0.4, 0.5) is 0 Å². The first-order chi connectivity index (χ1) is 24.2. The number of benzene rings is 4. The second-order valence-electron chi connectivity index (χ2n) is 12.6. The highest BCUT2D eigenvalue weighted by molar-refractivity contribution is 7.18. The van der Waals surface area contributed by atoms with Gasteiger partial charge in [-0.1, -0.05) is 84.9 Å². The van der Waals surface area contributed by atoms with Gasteiger partial charge in [-0.25, -0.2) is 9.59 Å². The molecule has 2 amide bonds. The second-order valence-corrected chi connectivity index (χ2v) is 14.5. The van der Waals surface area contributed by atoms with Crippen molar-refractivity contribution in [3.05, 3.63) is 141 Å². The van der Waals surface area contributed by atoms with Crippen LogP contribution in [0.1, 0.15) is 49.9 Å². The molecule has 0 atom stereocenters. The maximum atomic E-state index is 13.0. The third kappa shape index (κ3) is 6.16. The highest BCUT2D eigenvalue weighted by Gasteiger charge is 2.47. The van der Waals surface area contributed by atoms with Crippen molar-refractivity contribution in [1.29, 1.82) is 0 Å². The highest BCUT2D eigenvalue weighted by Crippen LogP contribution is 2.34. The monoisotopic (exact) mass is 702 g/mol. The molecule has 6 aromatic rings. The number of fused-ring (bicyclic) bond motifs is 4. The number of esters is 1. The first-order valence-corrected chi connectivity index (χ1v) is 18.1. The average molecular weight is 703 g/mol. The lowest BCUT2D eigenvalue weighted by Crippen LogP contribution is -2.56. The number of carboxylic acid groups (broad SMARTS) is 1. The molecule has 50 heavy (non-hydrogen) atoms. The third-order valence-electron chi connectivity index (χ3n) is 9.44. The number of thiophene rings is 2. The molecule has 2 aliphatic carbocycles. The number of hydrogen-bond donors (Lipinski definition) is 3. The summed E-state index contributed by atoms with van der Waals surface area (Å²) in [6.07, 6.45) is 1.53. The Morgan fingerprint density at radius 3 is 1.42 bits per heavy atom. The van der Waals surface area contributed by atoms with Crippen molar-refractivity contribution < 1.29 is 29.0 Å². The van der Waals surface area contributed by atoms with Gasteiger partial charge < -0.3 is 20.5 Å². The van der Waals surface area contributed by atoms with Gasteiger partial charge in [-0.15, -0.1) is 22.7 Å². The number of nitrogens with one attached hydrogen (secondary N) is 2. The molecule has 0 unspecified atom stereocenters. The number of ether oxygens (including phenoxy) is 1. The van der Waals surface area contributed by atoms with Gasteiger partial charge in [-0.2, -0.15) is 0 Å². The standard InChI is InChI=1S/C21H19NO3S.C19H15NO3S/c1-2-25-20(24)21(11-14-7-3-4-8-15(14)12-21)22-19(23)17-13-26-18-10-6-5-9-16(17)18;21-17(15-11-24-16-8-4-3-7-14(15)16)20-19(18(22)23)9-12-5-1-2-6-13(12)10-19/h3-10,13H,2,11-12H2,1H3,(H,22,23);1-8,11H,9-10H2,(H,20,21)(H,22,23). The Kier molecular flexibility index (Phi) is 8.98. The van der Waals surface area contributed by atoms with Crippen molar-refractivity contribution in [2.75, 3.05) is 6.61 Å². The molecule has 10 heteroatoms. The topological polar surface area (TPSA) is 122 Å². The van der Waals surface area contributed by atoms with Crippen LogP contribution >= 0.6 is 22.7 Å². The zero-order valence-corrected chi connectivity index (χ0v) is 28.9. The van der Waals surface area contributed by atoms with E-state index in [0.29, 0.717) is 36.8 Å². The Morgan fingerprint density at radius 1 is 0.620 bits per heavy atom. The molecule has 8 rings (SSSR count). The summed E-state index contributed by atoms with van der Waals surface area (Å²) in [6.45, 7) is 2.07. The number of amides is 2. The first-order valence-electron chi connectivity index (χ1n) is 16.3. The minimum absolute atomic E-state index is 0.233. The van der Waals surface area contributed by atoms with Crippen LogP contribution in [-0.4, -0.2) is 46.5 Å². The Morgan fingerprint density at radius 2 is 1.00 bits per heavy atom. The molecule has 2 aromatic heterocycles. The average Bonchev–Trinajstić information content (AvgIpc) is 3.91. The van der Waals surface area contributed by atoms with E-state index < -0.39 is 17.0 Å². The number of rotatable bonds is 7. The number of aliphatic carboxylic acids is 1. The summed E-state index contributed by atoms with van der Waals surface area (Å²) in [4.78, 5) is 50.5. The molecule has 2 heterocycles. The third-order valence-corrected chi connectivity index (χ3v) is 11.4. The molecular formula is C40H34N2O6S2. The van der Waals surface area contributed by atoms with E-state index in [1.807, 2.05) is 102 Å². The zero-order valence-electron chi connectivity index (χ0n) is 27.2. The quantitative estimate of drug-likeness (QED) is 0.154. The fourth-order valence-corrected chi connectivity index (χ4v) is 8.83. The number of hydrogen-bond acceptors (Lipinski definition) is 7. The molecule has 0 saturated heterocycles. The fourth-order valence-electron chi connectivity index (χ4n) is 6.95. The van der Waals surface area contributed by atoms with Gasteiger partial charge in [-0.05, 0) is 41.3 Å². The van der Waals surface area contributed by atoms with Crippen molar-refractivity contribution in [2.45, 2.75) is 43.7 Å². The number of carbonyl (C=O) groups excluding carboxylic acids is 3. The smallest absolute Gasteiger partial charge is 0.332 e. The summed E-state index contributed by atoms with van der Waals surface area (Å²) in [5.41, 5.74) is 2.94. The van der Waals surface area contributed by atoms with E-state index in [2.05, 4.69) is 10.6 Å². The van der Waals surface area contributed by atoms with Crippen LogP contribution in [0, 0.1) is 0 Å². The van der Waals surface area contributed by atoms with Gasteiger partial charge in [0.25, 0.3) is 11.8 Å². The normalized spacial score (nSPS) is 15.0. The number of carbonyl (C=O) groups is 4. The SMILES string of the molecule is CCOC(=O)C1(NC(=O)c2csc3ccccc23)Cc2ccccc2C1.O=C(NC1(C(=O)O)Cc2ccccc2C1)c1csc2ccccc12. The Hall–Kier alpha value is -5.32. The lowest BCUT2D eigenvalue weighted by atomic mass is 9.95. The van der Waals surface area contributed by atoms with Gasteiger partial charge in [0.15, 0.2) is 0 Å². The van der Waals surface area contributed by atoms with E-state index in [-0.39, 0.29) is 24.4 Å². The Labute approximate surface area is 296 Å². The number of carboxylic acids is 1. The van der Waals surface area contributed by atoms with Crippen LogP contribution in [0.25, 0.3) is 20.2 Å². The van der Waals surface area contributed by atoms with Gasteiger partial charge in [0.05, 0.1) is 17.7 Å². The molecule has 252 valence electrons. The van der Waals surface area contributed by atoms with Crippen LogP contribution in [0.5, 0.6) is 0 Å². The van der Waals surface area contributed by atoms with Crippen molar-refractivity contribution in [3.63, 3.8) is 0 Å². The molecule has 0 saturated carbocycles. The van der Waals surface area contributed by atoms with Gasteiger partial charge in [0, 0.05) is 56.6 Å². The molecule has 0 spiro atoms. The fraction of sp³-hybridized carbons (Fsp3) is 0.200. The van der Waals surface area contributed by atoms with Crippen molar-refractivity contribution in [3.8, 4) is 0 Å². The van der Waals surface area contributed by atoms with Crippen molar-refractivity contribution >= 4 is 66.6 Å². The van der Waals surface area contributed by atoms with E-state index >= 15 is 0 Å². The van der Waals surface area contributed by atoms with E-state index in [0.717, 1.165) is 42.4 Å². The maximum absolute atomic E-state index is 13.0. The summed E-state index contributed by atoms with van der Waals surface area (Å²) >= 11 is 3.01. The molecule has 0 radical (unpaired) electrons.